The summed E-state index contributed by atoms with van der Waals surface area (Å²) in [6.07, 6.45) is 0.865. The number of carboxylic acids is 1. The summed E-state index contributed by atoms with van der Waals surface area (Å²) in [5, 5.41) is 12.5. The second-order valence-electron chi connectivity index (χ2n) is 4.16. The molecule has 2 N–H and O–H groups in total. The fourth-order valence-corrected chi connectivity index (χ4v) is 2.26. The summed E-state index contributed by atoms with van der Waals surface area (Å²) in [5.41, 5.74) is 1.21. The number of hydrogen-bond acceptors (Lipinski definition) is 3. The number of hydrogen-bond donors (Lipinski definition) is 2. The minimum Gasteiger partial charge on any atom is -0.493 e. The normalized spacial score (nSPS) is 18.3. The Morgan fingerprint density at radius 3 is 3.12 bits per heavy atom. The van der Waals surface area contributed by atoms with E-state index in [1.807, 2.05) is 13.0 Å². The van der Waals surface area contributed by atoms with Crippen molar-refractivity contribution >= 4 is 5.97 Å². The number of rotatable bonds is 4. The predicted molar refractivity (Wildman–Crippen MR) is 64.8 cm³/mol. The first-order valence-electron chi connectivity index (χ1n) is 5.93. The predicted octanol–water partition coefficient (Wildman–Crippen LogP) is 1.86. The minimum atomic E-state index is -0.881. The zero-order valence-corrected chi connectivity index (χ0v) is 9.90. The molecule has 2 rings (SSSR count). The van der Waals surface area contributed by atoms with Crippen LogP contribution in [0.25, 0.3) is 0 Å². The van der Waals surface area contributed by atoms with Gasteiger partial charge in [0.05, 0.1) is 12.2 Å². The lowest BCUT2D eigenvalue weighted by Gasteiger charge is -2.27. The number of carbonyl (C=O) groups is 1. The van der Waals surface area contributed by atoms with E-state index in [9.17, 15) is 9.90 Å². The SMILES string of the molecule is CCNCC1CCOc2cccc(C(=O)O)c21. The van der Waals surface area contributed by atoms with E-state index in [0.29, 0.717) is 12.2 Å². The number of fused-ring (bicyclic) bond motifs is 1. The Hall–Kier alpha value is -1.55. The average molecular weight is 235 g/mol. The number of nitrogens with one attached hydrogen (secondary N) is 1. The molecule has 0 bridgehead atoms. The Labute approximate surface area is 101 Å². The highest BCUT2D eigenvalue weighted by Gasteiger charge is 2.26. The fraction of sp³-hybridized carbons (Fsp3) is 0.462. The third kappa shape index (κ3) is 2.42. The zero-order chi connectivity index (χ0) is 12.3. The van der Waals surface area contributed by atoms with Gasteiger partial charge in [-0.25, -0.2) is 4.79 Å². The largest absolute Gasteiger partial charge is 0.493 e. The molecule has 1 aliphatic heterocycles. The van der Waals surface area contributed by atoms with Crippen molar-refractivity contribution in [3.63, 3.8) is 0 Å². The highest BCUT2D eigenvalue weighted by molar-refractivity contribution is 5.90. The van der Waals surface area contributed by atoms with Gasteiger partial charge in [0.2, 0.25) is 0 Å². The van der Waals surface area contributed by atoms with Gasteiger partial charge in [0.15, 0.2) is 0 Å². The van der Waals surface area contributed by atoms with Crippen molar-refractivity contribution in [3.05, 3.63) is 29.3 Å². The molecule has 1 aromatic rings. The Bertz CT molecular complexity index is 417. The van der Waals surface area contributed by atoms with Crippen LogP contribution in [-0.4, -0.2) is 30.8 Å². The quantitative estimate of drug-likeness (QED) is 0.836. The minimum absolute atomic E-state index is 0.228. The van der Waals surface area contributed by atoms with Gasteiger partial charge >= 0.3 is 5.97 Å². The van der Waals surface area contributed by atoms with Crippen molar-refractivity contribution in [1.29, 1.82) is 0 Å². The topological polar surface area (TPSA) is 58.6 Å². The van der Waals surface area contributed by atoms with E-state index in [2.05, 4.69) is 5.32 Å². The van der Waals surface area contributed by atoms with Crippen LogP contribution in [0.4, 0.5) is 0 Å². The molecule has 0 spiro atoms. The molecule has 17 heavy (non-hydrogen) atoms. The summed E-state index contributed by atoms with van der Waals surface area (Å²) >= 11 is 0. The maximum absolute atomic E-state index is 11.2. The Morgan fingerprint density at radius 1 is 1.59 bits per heavy atom. The van der Waals surface area contributed by atoms with Gasteiger partial charge in [-0.2, -0.15) is 0 Å². The van der Waals surface area contributed by atoms with Gasteiger partial charge in [-0.05, 0) is 25.1 Å². The van der Waals surface area contributed by atoms with Gasteiger partial charge in [-0.15, -0.1) is 0 Å². The first kappa shape index (κ1) is 11.9. The molecule has 1 unspecified atom stereocenters. The zero-order valence-electron chi connectivity index (χ0n) is 9.90. The van der Waals surface area contributed by atoms with Crippen molar-refractivity contribution in [3.8, 4) is 5.75 Å². The van der Waals surface area contributed by atoms with Gasteiger partial charge in [0.25, 0.3) is 0 Å². The first-order chi connectivity index (χ1) is 8.24. The smallest absolute Gasteiger partial charge is 0.336 e. The molecule has 1 heterocycles. The molecule has 0 saturated heterocycles. The molecule has 1 aromatic carbocycles. The number of likely N-dealkylation sites (N-methyl/N-ethyl adjacent to an activating group) is 1. The lowest BCUT2D eigenvalue weighted by molar-refractivity contribution is 0.0693. The summed E-state index contributed by atoms with van der Waals surface area (Å²) in [5.74, 6) is 0.0684. The molecule has 0 saturated carbocycles. The average Bonchev–Trinajstić information content (AvgIpc) is 2.35. The number of ether oxygens (including phenoxy) is 1. The molecule has 92 valence electrons. The fourth-order valence-electron chi connectivity index (χ4n) is 2.26. The van der Waals surface area contributed by atoms with Crippen molar-refractivity contribution in [2.75, 3.05) is 19.7 Å². The van der Waals surface area contributed by atoms with E-state index < -0.39 is 5.97 Å². The molecular formula is C13H17NO3. The van der Waals surface area contributed by atoms with E-state index in [1.165, 1.54) is 0 Å². The summed E-state index contributed by atoms with van der Waals surface area (Å²) in [6, 6.07) is 5.23. The first-order valence-corrected chi connectivity index (χ1v) is 5.93. The van der Waals surface area contributed by atoms with Gasteiger partial charge in [0.1, 0.15) is 5.75 Å². The molecule has 4 heteroatoms. The van der Waals surface area contributed by atoms with Crippen molar-refractivity contribution in [2.24, 2.45) is 0 Å². The van der Waals surface area contributed by atoms with Crippen molar-refractivity contribution in [2.45, 2.75) is 19.3 Å². The highest BCUT2D eigenvalue weighted by Crippen LogP contribution is 2.35. The van der Waals surface area contributed by atoms with Crippen LogP contribution < -0.4 is 10.1 Å². The van der Waals surface area contributed by atoms with Gasteiger partial charge < -0.3 is 15.2 Å². The summed E-state index contributed by atoms with van der Waals surface area (Å²) in [4.78, 5) is 11.2. The molecule has 0 aliphatic carbocycles. The van der Waals surface area contributed by atoms with E-state index >= 15 is 0 Å². The lowest BCUT2D eigenvalue weighted by Crippen LogP contribution is -2.27. The van der Waals surface area contributed by atoms with Gasteiger partial charge in [-0.3, -0.25) is 0 Å². The van der Waals surface area contributed by atoms with Crippen LogP contribution in [0.2, 0.25) is 0 Å². The third-order valence-corrected chi connectivity index (χ3v) is 3.07. The maximum Gasteiger partial charge on any atom is 0.336 e. The van der Waals surface area contributed by atoms with Crippen LogP contribution in [0.1, 0.15) is 35.2 Å². The van der Waals surface area contributed by atoms with Crippen molar-refractivity contribution in [1.82, 2.24) is 5.32 Å². The van der Waals surface area contributed by atoms with E-state index in [1.54, 1.807) is 12.1 Å². The molecular weight excluding hydrogens is 218 g/mol. The number of carboxylic acid groups (broad SMARTS) is 1. The van der Waals surface area contributed by atoms with E-state index in [4.69, 9.17) is 4.74 Å². The second kappa shape index (κ2) is 5.19. The van der Waals surface area contributed by atoms with E-state index in [0.717, 1.165) is 30.8 Å². The molecule has 4 nitrogen and oxygen atoms in total. The van der Waals surface area contributed by atoms with Crippen LogP contribution in [0, 0.1) is 0 Å². The molecule has 0 amide bonds. The lowest BCUT2D eigenvalue weighted by atomic mass is 9.89. The van der Waals surface area contributed by atoms with Crippen LogP contribution in [0.15, 0.2) is 18.2 Å². The Balaban J connectivity index is 2.36. The highest BCUT2D eigenvalue weighted by atomic mass is 16.5. The molecule has 1 atom stereocenters. The molecule has 0 fully saturated rings. The van der Waals surface area contributed by atoms with Crippen LogP contribution in [-0.2, 0) is 0 Å². The van der Waals surface area contributed by atoms with E-state index in [-0.39, 0.29) is 5.92 Å². The molecule has 0 radical (unpaired) electrons. The van der Waals surface area contributed by atoms with Crippen molar-refractivity contribution < 1.29 is 14.6 Å². The second-order valence-corrected chi connectivity index (χ2v) is 4.16. The van der Waals surface area contributed by atoms with Gasteiger partial charge in [-0.1, -0.05) is 13.0 Å². The standard InChI is InChI=1S/C13H17NO3/c1-2-14-8-9-6-7-17-11-5-3-4-10(12(9)11)13(15)16/h3-5,9,14H,2,6-8H2,1H3,(H,15,16). The summed E-state index contributed by atoms with van der Waals surface area (Å²) < 4.78 is 5.53. The Morgan fingerprint density at radius 2 is 2.41 bits per heavy atom. The number of benzene rings is 1. The third-order valence-electron chi connectivity index (χ3n) is 3.07. The monoisotopic (exact) mass is 235 g/mol. The van der Waals surface area contributed by atoms with Gasteiger partial charge in [0, 0.05) is 18.0 Å². The molecule has 0 aromatic heterocycles. The van der Waals surface area contributed by atoms with Crippen LogP contribution >= 0.6 is 0 Å². The maximum atomic E-state index is 11.2. The summed E-state index contributed by atoms with van der Waals surface area (Å²) in [6.45, 7) is 4.40. The Kier molecular flexibility index (Phi) is 3.64. The van der Waals surface area contributed by atoms with Crippen LogP contribution in [0.5, 0.6) is 5.75 Å². The number of aromatic carboxylic acids is 1. The summed E-state index contributed by atoms with van der Waals surface area (Å²) in [7, 11) is 0. The molecule has 1 aliphatic rings. The van der Waals surface area contributed by atoms with Crippen LogP contribution in [0.3, 0.4) is 0 Å².